The third-order valence-corrected chi connectivity index (χ3v) is 4.67. The Hall–Kier alpha value is -2.73. The lowest BCUT2D eigenvalue weighted by Gasteiger charge is -2.18. The number of carbonyl (C=O) groups is 1. The Kier molecular flexibility index (Phi) is 3.63. The van der Waals surface area contributed by atoms with E-state index in [0.717, 1.165) is 28.3 Å². The number of carboxylic acid groups (broad SMARTS) is 1. The second kappa shape index (κ2) is 5.64. The van der Waals surface area contributed by atoms with Gasteiger partial charge in [0.1, 0.15) is 12.2 Å². The molecule has 0 spiro atoms. The molecule has 26 heavy (non-hydrogen) atoms. The van der Waals surface area contributed by atoms with E-state index in [9.17, 15) is 9.90 Å². The summed E-state index contributed by atoms with van der Waals surface area (Å²) in [6.07, 6.45) is 3.70. The Balaban J connectivity index is 2.05. The largest absolute Gasteiger partial charge is 0.476 e. The molecule has 3 heterocycles. The highest BCUT2D eigenvalue weighted by atomic mass is 35.5. The number of aromatic nitrogens is 4. The quantitative estimate of drug-likeness (QED) is 0.551. The fourth-order valence-corrected chi connectivity index (χ4v) is 3.32. The van der Waals surface area contributed by atoms with Gasteiger partial charge >= 0.3 is 5.97 Å². The lowest BCUT2D eigenvalue weighted by atomic mass is 9.94. The van der Waals surface area contributed by atoms with Crippen molar-refractivity contribution in [1.82, 2.24) is 19.5 Å². The molecule has 0 atom stereocenters. The lowest BCUT2D eigenvalue weighted by Crippen LogP contribution is -2.17. The van der Waals surface area contributed by atoms with Gasteiger partial charge in [0.2, 0.25) is 0 Å². The number of halogens is 1. The third kappa shape index (κ3) is 2.57. The van der Waals surface area contributed by atoms with E-state index in [1.807, 2.05) is 12.1 Å². The zero-order valence-electron chi connectivity index (χ0n) is 14.6. The smallest absolute Gasteiger partial charge is 0.356 e. The predicted molar refractivity (Wildman–Crippen MR) is 98.1 cm³/mol. The van der Waals surface area contributed by atoms with E-state index >= 15 is 0 Å². The van der Waals surface area contributed by atoms with E-state index in [1.54, 1.807) is 16.8 Å². The number of aromatic carboxylic acids is 1. The first-order valence-electron chi connectivity index (χ1n) is 8.22. The van der Waals surface area contributed by atoms with Crippen LogP contribution in [0.15, 0.2) is 30.7 Å². The molecule has 0 radical (unpaired) electrons. The maximum absolute atomic E-state index is 11.6. The zero-order valence-corrected chi connectivity index (χ0v) is 15.4. The summed E-state index contributed by atoms with van der Waals surface area (Å²) >= 11 is 6.25. The van der Waals surface area contributed by atoms with Crippen molar-refractivity contribution < 1.29 is 9.90 Å². The molecule has 1 aliphatic rings. The molecule has 4 rings (SSSR count). The topological polar surface area (TPSA) is 80.9 Å². The van der Waals surface area contributed by atoms with Crippen molar-refractivity contribution >= 4 is 17.6 Å². The molecular formula is C19H17ClN4O2. The number of hydrogen-bond acceptors (Lipinski definition) is 4. The summed E-state index contributed by atoms with van der Waals surface area (Å²) in [6, 6.07) is 5.49. The number of benzene rings is 1. The van der Waals surface area contributed by atoms with E-state index in [2.05, 4.69) is 30.7 Å². The summed E-state index contributed by atoms with van der Waals surface area (Å²) in [5.74, 6) is -0.324. The summed E-state index contributed by atoms with van der Waals surface area (Å²) in [6.45, 7) is 6.17. The fourth-order valence-electron chi connectivity index (χ4n) is 3.15. The number of rotatable bonds is 1. The van der Waals surface area contributed by atoms with E-state index in [1.165, 1.54) is 6.33 Å². The van der Waals surface area contributed by atoms with Crippen LogP contribution in [0.3, 0.4) is 0 Å². The Morgan fingerprint density at radius 2 is 2.04 bits per heavy atom. The molecule has 6 nitrogen and oxygen atoms in total. The van der Waals surface area contributed by atoms with Crippen LogP contribution in [0.25, 0.3) is 16.9 Å². The van der Waals surface area contributed by atoms with Crippen LogP contribution >= 0.6 is 11.6 Å². The summed E-state index contributed by atoms with van der Waals surface area (Å²) in [7, 11) is 0. The minimum Gasteiger partial charge on any atom is -0.476 e. The number of carboxylic acids is 1. The van der Waals surface area contributed by atoms with Gasteiger partial charge in [-0.15, -0.1) is 0 Å². The highest BCUT2D eigenvalue weighted by molar-refractivity contribution is 6.31. The molecule has 2 aromatic heterocycles. The molecule has 1 aliphatic heterocycles. The number of imidazole rings is 1. The highest BCUT2D eigenvalue weighted by Crippen LogP contribution is 2.37. The van der Waals surface area contributed by atoms with Gasteiger partial charge in [0.15, 0.2) is 5.69 Å². The van der Waals surface area contributed by atoms with Crippen LogP contribution in [0.5, 0.6) is 0 Å². The van der Waals surface area contributed by atoms with Gasteiger partial charge in [-0.25, -0.2) is 19.7 Å². The first kappa shape index (κ1) is 16.7. The number of hydrogen-bond donors (Lipinski definition) is 1. The van der Waals surface area contributed by atoms with Crippen molar-refractivity contribution in [3.8, 4) is 16.9 Å². The van der Waals surface area contributed by atoms with Crippen LogP contribution in [0.1, 0.15) is 48.3 Å². The van der Waals surface area contributed by atoms with Gasteiger partial charge < -0.3 is 9.67 Å². The summed E-state index contributed by atoms with van der Waals surface area (Å²) < 4.78 is 1.80. The van der Waals surface area contributed by atoms with Crippen molar-refractivity contribution in [3.05, 3.63) is 58.5 Å². The van der Waals surface area contributed by atoms with Crippen LogP contribution in [0, 0.1) is 0 Å². The lowest BCUT2D eigenvalue weighted by molar-refractivity contribution is 0.0690. The van der Waals surface area contributed by atoms with Crippen molar-refractivity contribution in [2.45, 2.75) is 32.6 Å². The Labute approximate surface area is 155 Å². The fraction of sp³-hybridized carbons (Fsp3) is 0.263. The SMILES string of the molecule is CC(C)(C)c1ncc2c(n1)-c1cc(Cl)ccc1-n1cnc(C(=O)O)c1C2. The first-order valence-corrected chi connectivity index (χ1v) is 8.59. The summed E-state index contributed by atoms with van der Waals surface area (Å²) in [4.78, 5) is 25.0. The van der Waals surface area contributed by atoms with E-state index < -0.39 is 5.97 Å². The van der Waals surface area contributed by atoms with Crippen molar-refractivity contribution in [1.29, 1.82) is 0 Å². The van der Waals surface area contributed by atoms with Gasteiger partial charge in [-0.3, -0.25) is 0 Å². The monoisotopic (exact) mass is 368 g/mol. The molecule has 7 heteroatoms. The van der Waals surface area contributed by atoms with E-state index in [4.69, 9.17) is 16.6 Å². The molecule has 1 aromatic carbocycles. The molecule has 0 bridgehead atoms. The standard InChI is InChI=1S/C19H17ClN4O2/c1-19(2,3)18-21-8-10-6-14-16(17(25)26)22-9-24(14)13-5-4-11(20)7-12(13)15(10)23-18/h4-5,7-9H,6H2,1-3H3,(H,25,26). The molecule has 1 N–H and O–H groups in total. The summed E-state index contributed by atoms with van der Waals surface area (Å²) in [5.41, 5.74) is 3.72. The average molecular weight is 369 g/mol. The zero-order chi connectivity index (χ0) is 18.6. The van der Waals surface area contributed by atoms with Crippen molar-refractivity contribution in [3.63, 3.8) is 0 Å². The number of fused-ring (bicyclic) bond motifs is 5. The van der Waals surface area contributed by atoms with Gasteiger partial charge in [0.05, 0.1) is 17.1 Å². The van der Waals surface area contributed by atoms with Gasteiger partial charge in [-0.05, 0) is 18.2 Å². The molecule has 0 unspecified atom stereocenters. The Bertz CT molecular complexity index is 1050. The molecule has 132 valence electrons. The molecule has 0 aliphatic carbocycles. The molecule has 0 fully saturated rings. The van der Waals surface area contributed by atoms with Gasteiger partial charge in [-0.1, -0.05) is 32.4 Å². The van der Waals surface area contributed by atoms with Crippen LogP contribution in [-0.2, 0) is 11.8 Å². The molecular weight excluding hydrogens is 352 g/mol. The Morgan fingerprint density at radius 1 is 1.27 bits per heavy atom. The molecule has 0 amide bonds. The summed E-state index contributed by atoms with van der Waals surface area (Å²) in [5, 5.41) is 10.1. The second-order valence-electron chi connectivity index (χ2n) is 7.37. The van der Waals surface area contributed by atoms with Crippen molar-refractivity contribution in [2.24, 2.45) is 0 Å². The third-order valence-electron chi connectivity index (χ3n) is 4.44. The highest BCUT2D eigenvalue weighted by Gasteiger charge is 2.28. The van der Waals surface area contributed by atoms with Crippen LogP contribution in [-0.4, -0.2) is 30.6 Å². The normalized spacial score (nSPS) is 12.8. The predicted octanol–water partition coefficient (Wildman–Crippen LogP) is 3.88. The van der Waals surface area contributed by atoms with Gasteiger partial charge in [0.25, 0.3) is 0 Å². The van der Waals surface area contributed by atoms with Crippen molar-refractivity contribution in [2.75, 3.05) is 0 Å². The minimum absolute atomic E-state index is 0.0404. The maximum atomic E-state index is 11.6. The van der Waals surface area contributed by atoms with Gasteiger partial charge in [0, 0.05) is 34.2 Å². The number of nitrogens with zero attached hydrogens (tertiary/aromatic N) is 4. The first-order chi connectivity index (χ1) is 12.3. The maximum Gasteiger partial charge on any atom is 0.356 e. The van der Waals surface area contributed by atoms with E-state index in [0.29, 0.717) is 17.1 Å². The minimum atomic E-state index is -1.05. The van der Waals surface area contributed by atoms with E-state index in [-0.39, 0.29) is 11.1 Å². The second-order valence-corrected chi connectivity index (χ2v) is 7.81. The van der Waals surface area contributed by atoms with Crippen LogP contribution in [0.4, 0.5) is 0 Å². The molecule has 3 aromatic rings. The molecule has 0 saturated heterocycles. The van der Waals surface area contributed by atoms with Crippen LogP contribution < -0.4 is 0 Å². The Morgan fingerprint density at radius 3 is 2.73 bits per heavy atom. The van der Waals surface area contributed by atoms with Gasteiger partial charge in [-0.2, -0.15) is 0 Å². The average Bonchev–Trinajstić information content (AvgIpc) is 2.92. The molecule has 0 saturated carbocycles. The van der Waals surface area contributed by atoms with Crippen LogP contribution in [0.2, 0.25) is 5.02 Å².